The molecule has 1 N–H and O–H groups in total. The molecule has 0 amide bonds. The lowest BCUT2D eigenvalue weighted by Crippen LogP contribution is -2.51. The van der Waals surface area contributed by atoms with Gasteiger partial charge in [-0.25, -0.2) is 0 Å². The molecule has 33 heavy (non-hydrogen) atoms. The van der Waals surface area contributed by atoms with Gasteiger partial charge >= 0.3 is 0 Å². The number of ether oxygens (including phenoxy) is 3. The first kappa shape index (κ1) is 23.8. The Labute approximate surface area is 199 Å². The summed E-state index contributed by atoms with van der Waals surface area (Å²) in [7, 11) is 0. The zero-order chi connectivity index (χ0) is 23.1. The first-order chi connectivity index (χ1) is 16.1. The Morgan fingerprint density at radius 2 is 1.85 bits per heavy atom. The van der Waals surface area contributed by atoms with E-state index in [1.807, 2.05) is 6.07 Å². The van der Waals surface area contributed by atoms with Crippen LogP contribution in [0.5, 0.6) is 5.75 Å². The molecule has 1 aliphatic heterocycles. The molecule has 1 fully saturated rings. The third kappa shape index (κ3) is 6.18. The van der Waals surface area contributed by atoms with Crippen LogP contribution in [-0.2, 0) is 16.0 Å². The minimum Gasteiger partial charge on any atom is -0.485 e. The van der Waals surface area contributed by atoms with Crippen molar-refractivity contribution in [2.75, 3.05) is 18.5 Å². The second kappa shape index (κ2) is 11.2. The van der Waals surface area contributed by atoms with Crippen LogP contribution in [0.3, 0.4) is 0 Å². The maximum Gasteiger partial charge on any atom is 0.132 e. The standard InChI is InChI=1S/C29H39NO3/c1-4-18-32-28-27(31-19-17-22-11-7-5-8-12-22)25-20-24(15-16-26(25)33-29(28,2)3)30-21-23-13-9-6-10-14-23/h4,6,9-10,13-16,20,22,27-28,30H,1,5,7-8,11-12,17-19,21H2,2-3H3. The number of anilines is 1. The van der Waals surface area contributed by atoms with Crippen molar-refractivity contribution in [3.8, 4) is 5.75 Å². The normalized spacial score (nSPS) is 22.2. The molecule has 2 aliphatic rings. The Bertz CT molecular complexity index is 889. The van der Waals surface area contributed by atoms with Crippen LogP contribution >= 0.6 is 0 Å². The van der Waals surface area contributed by atoms with Crippen molar-refractivity contribution in [1.29, 1.82) is 0 Å². The van der Waals surface area contributed by atoms with Gasteiger partial charge in [0.05, 0.1) is 6.61 Å². The molecule has 2 atom stereocenters. The van der Waals surface area contributed by atoms with Gasteiger partial charge in [-0.1, -0.05) is 68.5 Å². The third-order valence-corrected chi connectivity index (χ3v) is 6.93. The molecule has 178 valence electrons. The molecule has 4 rings (SSSR count). The van der Waals surface area contributed by atoms with E-state index in [2.05, 4.69) is 68.2 Å². The van der Waals surface area contributed by atoms with Gasteiger partial charge in [0.15, 0.2) is 0 Å². The van der Waals surface area contributed by atoms with E-state index in [1.54, 1.807) is 6.08 Å². The van der Waals surface area contributed by atoms with E-state index in [9.17, 15) is 0 Å². The molecule has 0 radical (unpaired) electrons. The molecule has 0 spiro atoms. The van der Waals surface area contributed by atoms with Crippen molar-refractivity contribution < 1.29 is 14.2 Å². The molecule has 2 unspecified atom stereocenters. The summed E-state index contributed by atoms with van der Waals surface area (Å²) in [4.78, 5) is 0. The van der Waals surface area contributed by atoms with Crippen LogP contribution < -0.4 is 10.1 Å². The molecular weight excluding hydrogens is 410 g/mol. The van der Waals surface area contributed by atoms with Crippen molar-refractivity contribution in [1.82, 2.24) is 0 Å². The van der Waals surface area contributed by atoms with Crippen LogP contribution in [0.4, 0.5) is 5.69 Å². The van der Waals surface area contributed by atoms with Crippen LogP contribution in [0.15, 0.2) is 61.2 Å². The van der Waals surface area contributed by atoms with Crippen LogP contribution in [0.1, 0.15) is 69.6 Å². The highest BCUT2D eigenvalue weighted by molar-refractivity contribution is 5.53. The smallest absolute Gasteiger partial charge is 0.132 e. The molecule has 1 heterocycles. The fourth-order valence-electron chi connectivity index (χ4n) is 5.12. The van der Waals surface area contributed by atoms with Gasteiger partial charge in [-0.2, -0.15) is 0 Å². The molecule has 1 aliphatic carbocycles. The number of nitrogens with one attached hydrogen (secondary N) is 1. The third-order valence-electron chi connectivity index (χ3n) is 6.93. The SMILES string of the molecule is C=CCOC1C(OCCC2CCCCC2)c2cc(NCc3ccccc3)ccc2OC1(C)C. The van der Waals surface area contributed by atoms with E-state index < -0.39 is 5.60 Å². The lowest BCUT2D eigenvalue weighted by Gasteiger charge is -2.44. The molecule has 1 saturated carbocycles. The zero-order valence-corrected chi connectivity index (χ0v) is 20.2. The van der Waals surface area contributed by atoms with Crippen LogP contribution in [0.2, 0.25) is 0 Å². The second-order valence-electron chi connectivity index (χ2n) is 9.92. The quantitative estimate of drug-likeness (QED) is 0.394. The van der Waals surface area contributed by atoms with Gasteiger partial charge in [-0.05, 0) is 49.9 Å². The highest BCUT2D eigenvalue weighted by Crippen LogP contribution is 2.44. The number of fused-ring (bicyclic) bond motifs is 1. The van der Waals surface area contributed by atoms with E-state index in [0.717, 1.165) is 42.5 Å². The van der Waals surface area contributed by atoms with Gasteiger partial charge in [0.2, 0.25) is 0 Å². The molecule has 0 saturated heterocycles. The Morgan fingerprint density at radius 1 is 1.06 bits per heavy atom. The maximum absolute atomic E-state index is 6.61. The zero-order valence-electron chi connectivity index (χ0n) is 20.2. The van der Waals surface area contributed by atoms with Gasteiger partial charge in [-0.3, -0.25) is 0 Å². The Morgan fingerprint density at radius 3 is 2.61 bits per heavy atom. The largest absolute Gasteiger partial charge is 0.485 e. The molecule has 0 aromatic heterocycles. The summed E-state index contributed by atoms with van der Waals surface area (Å²) in [6.07, 6.45) is 9.31. The summed E-state index contributed by atoms with van der Waals surface area (Å²) >= 11 is 0. The first-order valence-electron chi connectivity index (χ1n) is 12.5. The minimum absolute atomic E-state index is 0.175. The fraction of sp³-hybridized carbons (Fsp3) is 0.517. The van der Waals surface area contributed by atoms with E-state index in [1.165, 1.54) is 37.7 Å². The van der Waals surface area contributed by atoms with Gasteiger partial charge in [0.25, 0.3) is 0 Å². The highest BCUT2D eigenvalue weighted by atomic mass is 16.6. The van der Waals surface area contributed by atoms with Gasteiger partial charge in [0.1, 0.15) is 23.6 Å². The van der Waals surface area contributed by atoms with Crippen molar-refractivity contribution in [3.05, 3.63) is 72.3 Å². The Balaban J connectivity index is 1.52. The van der Waals surface area contributed by atoms with Crippen LogP contribution in [0.25, 0.3) is 0 Å². The first-order valence-corrected chi connectivity index (χ1v) is 12.5. The van der Waals surface area contributed by atoms with E-state index in [0.29, 0.717) is 6.61 Å². The van der Waals surface area contributed by atoms with Crippen molar-refractivity contribution in [2.45, 2.75) is 76.7 Å². The van der Waals surface area contributed by atoms with Gasteiger partial charge < -0.3 is 19.5 Å². The molecule has 0 bridgehead atoms. The fourth-order valence-corrected chi connectivity index (χ4v) is 5.12. The summed E-state index contributed by atoms with van der Waals surface area (Å²) in [5.41, 5.74) is 2.87. The summed E-state index contributed by atoms with van der Waals surface area (Å²) in [5, 5.41) is 3.55. The van der Waals surface area contributed by atoms with Crippen molar-refractivity contribution in [2.24, 2.45) is 5.92 Å². The molecular formula is C29H39NO3. The predicted molar refractivity (Wildman–Crippen MR) is 135 cm³/mol. The van der Waals surface area contributed by atoms with E-state index in [-0.39, 0.29) is 12.2 Å². The summed E-state index contributed by atoms with van der Waals surface area (Å²) < 4.78 is 19.3. The van der Waals surface area contributed by atoms with E-state index in [4.69, 9.17) is 14.2 Å². The molecule has 4 heteroatoms. The lowest BCUT2D eigenvalue weighted by molar-refractivity contribution is -0.158. The average Bonchev–Trinajstić information content (AvgIpc) is 2.83. The van der Waals surface area contributed by atoms with Crippen molar-refractivity contribution in [3.63, 3.8) is 0 Å². The van der Waals surface area contributed by atoms with E-state index >= 15 is 0 Å². The van der Waals surface area contributed by atoms with Gasteiger partial charge in [-0.15, -0.1) is 6.58 Å². The topological polar surface area (TPSA) is 39.7 Å². The Hall–Kier alpha value is -2.30. The minimum atomic E-state index is -0.496. The molecule has 2 aromatic carbocycles. The molecule has 2 aromatic rings. The van der Waals surface area contributed by atoms with Gasteiger partial charge in [0, 0.05) is 24.4 Å². The summed E-state index contributed by atoms with van der Waals surface area (Å²) in [5.74, 6) is 1.67. The Kier molecular flexibility index (Phi) is 8.11. The summed E-state index contributed by atoms with van der Waals surface area (Å²) in [6, 6.07) is 16.8. The van der Waals surface area contributed by atoms with Crippen LogP contribution in [-0.4, -0.2) is 24.9 Å². The van der Waals surface area contributed by atoms with Crippen LogP contribution in [0, 0.1) is 5.92 Å². The average molecular weight is 450 g/mol. The number of hydrogen-bond acceptors (Lipinski definition) is 4. The maximum atomic E-state index is 6.61. The highest BCUT2D eigenvalue weighted by Gasteiger charge is 2.45. The number of hydrogen-bond donors (Lipinski definition) is 1. The second-order valence-corrected chi connectivity index (χ2v) is 9.92. The molecule has 4 nitrogen and oxygen atoms in total. The summed E-state index contributed by atoms with van der Waals surface area (Å²) in [6.45, 7) is 10.0. The number of rotatable bonds is 10. The monoisotopic (exact) mass is 449 g/mol. The predicted octanol–water partition coefficient (Wildman–Crippen LogP) is 7.07. The lowest BCUT2D eigenvalue weighted by atomic mass is 9.86. The van der Waals surface area contributed by atoms with Crippen molar-refractivity contribution >= 4 is 5.69 Å². The number of benzene rings is 2.